The zero-order chi connectivity index (χ0) is 13.6. The van der Waals surface area contributed by atoms with Gasteiger partial charge >= 0.3 is 0 Å². The molecule has 0 aromatic carbocycles. The highest BCUT2D eigenvalue weighted by Gasteiger charge is 2.40. The van der Waals surface area contributed by atoms with Crippen LogP contribution >= 0.6 is 0 Å². The summed E-state index contributed by atoms with van der Waals surface area (Å²) in [7, 11) is 0. The molecule has 3 fully saturated rings. The average Bonchev–Trinajstić information content (AvgIpc) is 3.15. The number of nitrogens with zero attached hydrogens (tertiary/aromatic N) is 2. The molecule has 2 bridgehead atoms. The summed E-state index contributed by atoms with van der Waals surface area (Å²) in [6.45, 7) is 0. The van der Waals surface area contributed by atoms with Gasteiger partial charge in [-0.3, -0.25) is 0 Å². The van der Waals surface area contributed by atoms with Crippen LogP contribution in [-0.2, 0) is 12.0 Å². The van der Waals surface area contributed by atoms with Crippen molar-refractivity contribution >= 4 is 0 Å². The molecular weight excluding hydrogens is 250 g/mol. The minimum atomic E-state index is -0.325. The van der Waals surface area contributed by atoms with Crippen LogP contribution < -0.4 is 5.73 Å². The fourth-order valence-electron chi connectivity index (χ4n) is 4.80. The van der Waals surface area contributed by atoms with Gasteiger partial charge in [-0.25, -0.2) is 0 Å². The van der Waals surface area contributed by atoms with E-state index in [4.69, 9.17) is 10.3 Å². The second kappa shape index (κ2) is 4.83. The van der Waals surface area contributed by atoms with E-state index in [0.29, 0.717) is 0 Å². The molecule has 3 unspecified atom stereocenters. The van der Waals surface area contributed by atoms with Crippen LogP contribution in [-0.4, -0.2) is 10.1 Å². The Morgan fingerprint density at radius 1 is 1.15 bits per heavy atom. The maximum absolute atomic E-state index is 6.48. The second-order valence-electron chi connectivity index (χ2n) is 7.37. The first kappa shape index (κ1) is 12.8. The quantitative estimate of drug-likeness (QED) is 0.920. The van der Waals surface area contributed by atoms with Crippen molar-refractivity contribution in [1.29, 1.82) is 0 Å². The molecule has 3 saturated carbocycles. The van der Waals surface area contributed by atoms with Gasteiger partial charge < -0.3 is 10.3 Å². The predicted molar refractivity (Wildman–Crippen MR) is 75.9 cm³/mol. The Labute approximate surface area is 120 Å². The first-order chi connectivity index (χ1) is 9.73. The summed E-state index contributed by atoms with van der Waals surface area (Å²) in [4.78, 5) is 4.65. The molecule has 0 radical (unpaired) electrons. The Balaban J connectivity index is 1.45. The number of nitrogens with two attached hydrogens (primary N) is 1. The van der Waals surface area contributed by atoms with Gasteiger partial charge in [0, 0.05) is 6.42 Å². The van der Waals surface area contributed by atoms with Crippen LogP contribution in [0.25, 0.3) is 0 Å². The molecule has 20 heavy (non-hydrogen) atoms. The number of rotatable bonds is 3. The summed E-state index contributed by atoms with van der Waals surface area (Å²) in [5.74, 6) is 4.26. The number of aromatic nitrogens is 2. The van der Waals surface area contributed by atoms with Crippen LogP contribution in [0.15, 0.2) is 4.52 Å². The predicted octanol–water partition coefficient (Wildman–Crippen LogP) is 3.17. The monoisotopic (exact) mass is 275 g/mol. The van der Waals surface area contributed by atoms with Crippen LogP contribution in [0.2, 0.25) is 0 Å². The zero-order valence-corrected chi connectivity index (χ0v) is 12.2. The van der Waals surface area contributed by atoms with Crippen molar-refractivity contribution in [3.63, 3.8) is 0 Å². The SMILES string of the molecule is NC1(c2noc(CC3CC4CCC3C4)n2)CCCCC1. The van der Waals surface area contributed by atoms with Crippen LogP contribution in [0.4, 0.5) is 0 Å². The van der Waals surface area contributed by atoms with Gasteiger partial charge in [-0.2, -0.15) is 4.98 Å². The maximum Gasteiger partial charge on any atom is 0.227 e. The maximum atomic E-state index is 6.48. The van der Waals surface area contributed by atoms with Gasteiger partial charge in [-0.1, -0.05) is 30.8 Å². The lowest BCUT2D eigenvalue weighted by atomic mass is 9.82. The van der Waals surface area contributed by atoms with Crippen molar-refractivity contribution in [3.05, 3.63) is 11.7 Å². The zero-order valence-electron chi connectivity index (χ0n) is 12.2. The highest BCUT2D eigenvalue weighted by atomic mass is 16.5. The van der Waals surface area contributed by atoms with E-state index >= 15 is 0 Å². The Hall–Kier alpha value is -0.900. The highest BCUT2D eigenvalue weighted by molar-refractivity contribution is 5.06. The molecule has 1 aromatic heterocycles. The van der Waals surface area contributed by atoms with Crippen molar-refractivity contribution in [1.82, 2.24) is 10.1 Å². The fourth-order valence-corrected chi connectivity index (χ4v) is 4.80. The van der Waals surface area contributed by atoms with Gasteiger partial charge in [0.1, 0.15) is 0 Å². The molecule has 1 aromatic rings. The fraction of sp³-hybridized carbons (Fsp3) is 0.875. The lowest BCUT2D eigenvalue weighted by Gasteiger charge is -2.29. The third-order valence-corrected chi connectivity index (χ3v) is 5.98. The number of hydrogen-bond donors (Lipinski definition) is 1. The Morgan fingerprint density at radius 3 is 2.70 bits per heavy atom. The van der Waals surface area contributed by atoms with E-state index in [2.05, 4.69) is 10.1 Å². The van der Waals surface area contributed by atoms with E-state index in [1.165, 1.54) is 44.9 Å². The molecule has 0 saturated heterocycles. The van der Waals surface area contributed by atoms with E-state index in [1.54, 1.807) is 0 Å². The lowest BCUT2D eigenvalue weighted by molar-refractivity contribution is 0.267. The number of hydrogen-bond acceptors (Lipinski definition) is 4. The standard InChI is InChI=1S/C16H25N3O/c17-16(6-2-1-3-7-16)15-18-14(20-19-15)10-13-9-11-4-5-12(13)8-11/h11-13H,1-10,17H2. The Kier molecular flexibility index (Phi) is 3.09. The molecule has 0 aliphatic heterocycles. The molecule has 2 N–H and O–H groups in total. The normalized spacial score (nSPS) is 35.5. The van der Waals surface area contributed by atoms with Crippen molar-refractivity contribution < 1.29 is 4.52 Å². The summed E-state index contributed by atoms with van der Waals surface area (Å²) in [5.41, 5.74) is 6.15. The van der Waals surface area contributed by atoms with Gasteiger partial charge in [0.05, 0.1) is 5.54 Å². The molecule has 110 valence electrons. The van der Waals surface area contributed by atoms with Gasteiger partial charge in [0.25, 0.3) is 0 Å². The first-order valence-corrected chi connectivity index (χ1v) is 8.35. The van der Waals surface area contributed by atoms with Gasteiger partial charge in [0.15, 0.2) is 5.82 Å². The molecule has 3 aliphatic carbocycles. The Morgan fingerprint density at radius 2 is 2.00 bits per heavy atom. The lowest BCUT2D eigenvalue weighted by Crippen LogP contribution is -2.39. The van der Waals surface area contributed by atoms with Crippen molar-refractivity contribution in [2.24, 2.45) is 23.5 Å². The third-order valence-electron chi connectivity index (χ3n) is 5.98. The van der Waals surface area contributed by atoms with Gasteiger partial charge in [0.2, 0.25) is 5.89 Å². The van der Waals surface area contributed by atoms with Crippen LogP contribution in [0.1, 0.15) is 69.5 Å². The summed E-state index contributed by atoms with van der Waals surface area (Å²) in [6.07, 6.45) is 12.3. The van der Waals surface area contributed by atoms with Gasteiger partial charge in [-0.05, 0) is 49.9 Å². The average molecular weight is 275 g/mol. The number of fused-ring (bicyclic) bond motifs is 2. The molecule has 3 aliphatic rings. The summed E-state index contributed by atoms with van der Waals surface area (Å²) in [6, 6.07) is 0. The molecule has 4 nitrogen and oxygen atoms in total. The molecule has 3 atom stereocenters. The molecule has 0 amide bonds. The molecule has 4 heteroatoms. The van der Waals surface area contributed by atoms with Gasteiger partial charge in [-0.15, -0.1) is 0 Å². The smallest absolute Gasteiger partial charge is 0.227 e. The summed E-state index contributed by atoms with van der Waals surface area (Å²) in [5, 5.41) is 4.20. The van der Waals surface area contributed by atoms with Crippen LogP contribution in [0.5, 0.6) is 0 Å². The second-order valence-corrected chi connectivity index (χ2v) is 7.37. The highest BCUT2D eigenvalue weighted by Crippen LogP contribution is 2.49. The van der Waals surface area contributed by atoms with E-state index in [-0.39, 0.29) is 5.54 Å². The van der Waals surface area contributed by atoms with Crippen molar-refractivity contribution in [3.8, 4) is 0 Å². The van der Waals surface area contributed by atoms with Crippen molar-refractivity contribution in [2.45, 2.75) is 69.7 Å². The largest absolute Gasteiger partial charge is 0.339 e. The first-order valence-electron chi connectivity index (χ1n) is 8.35. The molecule has 0 spiro atoms. The molecule has 4 rings (SSSR count). The summed E-state index contributed by atoms with van der Waals surface area (Å²) < 4.78 is 5.51. The topological polar surface area (TPSA) is 64.9 Å². The third kappa shape index (κ3) is 2.18. The van der Waals surface area contributed by atoms with E-state index in [1.807, 2.05) is 0 Å². The minimum Gasteiger partial charge on any atom is -0.339 e. The van der Waals surface area contributed by atoms with E-state index < -0.39 is 0 Å². The summed E-state index contributed by atoms with van der Waals surface area (Å²) >= 11 is 0. The van der Waals surface area contributed by atoms with Crippen LogP contribution in [0.3, 0.4) is 0 Å². The molecular formula is C16H25N3O. The Bertz CT molecular complexity index is 478. The van der Waals surface area contributed by atoms with Crippen LogP contribution in [0, 0.1) is 17.8 Å². The van der Waals surface area contributed by atoms with Crippen molar-refractivity contribution in [2.75, 3.05) is 0 Å². The van der Waals surface area contributed by atoms with E-state index in [0.717, 1.165) is 48.7 Å². The molecule has 1 heterocycles. The minimum absolute atomic E-state index is 0.325. The van der Waals surface area contributed by atoms with E-state index in [9.17, 15) is 0 Å².